The molecule has 0 aliphatic carbocycles. The molecule has 2 unspecified atom stereocenters. The number of hydrogen-bond acceptors (Lipinski definition) is 3. The van der Waals surface area contributed by atoms with Gasteiger partial charge in [0.15, 0.2) is 0 Å². The monoisotopic (exact) mass is 496 g/mol. The molecule has 0 aromatic heterocycles. The highest BCUT2D eigenvalue weighted by atomic mass is 35.5. The van der Waals surface area contributed by atoms with Crippen LogP contribution in [-0.4, -0.2) is 38.9 Å². The van der Waals surface area contributed by atoms with E-state index in [-0.39, 0.29) is 5.92 Å². The Morgan fingerprint density at radius 1 is 0.971 bits per heavy atom. The molecule has 1 heterocycles. The average molecular weight is 497 g/mol. The fraction of sp³-hybridized carbons (Fsp3) is 0.357. The van der Waals surface area contributed by atoms with Crippen LogP contribution < -0.4 is 5.32 Å². The van der Waals surface area contributed by atoms with E-state index in [1.807, 2.05) is 24.3 Å². The summed E-state index contributed by atoms with van der Waals surface area (Å²) in [5.74, 6) is 0.624. The summed E-state index contributed by atoms with van der Waals surface area (Å²) in [6.07, 6.45) is 4.19. The average Bonchev–Trinajstić information content (AvgIpc) is 2.87. The van der Waals surface area contributed by atoms with Gasteiger partial charge < -0.3 is 5.32 Å². The Morgan fingerprint density at radius 3 is 2.32 bits per heavy atom. The van der Waals surface area contributed by atoms with Crippen LogP contribution in [0.3, 0.4) is 0 Å². The number of likely N-dealkylation sites (N-methyl/N-ethyl adjacent to an activating group) is 1. The Balaban J connectivity index is 1.42. The number of piperidine rings is 1. The van der Waals surface area contributed by atoms with Crippen molar-refractivity contribution < 1.29 is 8.42 Å². The van der Waals surface area contributed by atoms with Crippen molar-refractivity contribution in [3.63, 3.8) is 0 Å². The van der Waals surface area contributed by atoms with Gasteiger partial charge >= 0.3 is 0 Å². The predicted molar refractivity (Wildman–Crippen MR) is 140 cm³/mol. The Labute approximate surface area is 209 Å². The molecule has 4 rings (SSSR count). The van der Waals surface area contributed by atoms with Crippen LogP contribution in [0.5, 0.6) is 0 Å². The van der Waals surface area contributed by atoms with Gasteiger partial charge in [-0.05, 0) is 72.9 Å². The molecule has 1 fully saturated rings. The molecule has 1 aliphatic rings. The number of nitrogens with one attached hydrogen (secondary N) is 1. The second-order valence-corrected chi connectivity index (χ2v) is 11.7. The van der Waals surface area contributed by atoms with Gasteiger partial charge in [0.05, 0.1) is 4.90 Å². The number of sulfonamides is 1. The van der Waals surface area contributed by atoms with Gasteiger partial charge in [0.25, 0.3) is 0 Å². The molecule has 34 heavy (non-hydrogen) atoms. The maximum Gasteiger partial charge on any atom is 0.242 e. The molecule has 0 spiro atoms. The molecule has 1 saturated heterocycles. The van der Waals surface area contributed by atoms with Gasteiger partial charge in [0.2, 0.25) is 10.0 Å². The van der Waals surface area contributed by atoms with Crippen molar-refractivity contribution in [1.29, 1.82) is 0 Å². The van der Waals surface area contributed by atoms with Crippen molar-refractivity contribution in [2.24, 2.45) is 0 Å². The summed E-state index contributed by atoms with van der Waals surface area (Å²) in [6.45, 7) is 1.40. The molecule has 0 saturated carbocycles. The van der Waals surface area contributed by atoms with Gasteiger partial charge in [0, 0.05) is 31.2 Å². The van der Waals surface area contributed by atoms with E-state index >= 15 is 0 Å². The molecule has 0 radical (unpaired) electrons. The molecule has 3 atom stereocenters. The lowest BCUT2D eigenvalue weighted by Crippen LogP contribution is -2.38. The van der Waals surface area contributed by atoms with Crippen molar-refractivity contribution in [3.05, 3.63) is 101 Å². The number of hydrogen-bond donors (Lipinski definition) is 1. The summed E-state index contributed by atoms with van der Waals surface area (Å²) in [6, 6.07) is 27.6. The van der Waals surface area contributed by atoms with Gasteiger partial charge in [-0.25, -0.2) is 12.7 Å². The summed E-state index contributed by atoms with van der Waals surface area (Å²) in [5.41, 5.74) is 2.48. The zero-order valence-corrected chi connectivity index (χ0v) is 21.2. The Morgan fingerprint density at radius 2 is 1.68 bits per heavy atom. The van der Waals surface area contributed by atoms with Crippen LogP contribution in [-0.2, 0) is 10.0 Å². The van der Waals surface area contributed by atoms with Crippen LogP contribution in [0.1, 0.15) is 48.6 Å². The van der Waals surface area contributed by atoms with Gasteiger partial charge in [0.1, 0.15) is 0 Å². The molecule has 0 amide bonds. The number of nitrogens with zero attached hydrogens (tertiary/aromatic N) is 1. The highest BCUT2D eigenvalue weighted by molar-refractivity contribution is 7.89. The number of rotatable bonds is 9. The largest absolute Gasteiger partial charge is 0.313 e. The number of benzene rings is 3. The molecule has 1 aliphatic heterocycles. The molecule has 3 aromatic carbocycles. The van der Waals surface area contributed by atoms with E-state index in [1.54, 1.807) is 31.3 Å². The van der Waals surface area contributed by atoms with E-state index in [0.717, 1.165) is 31.4 Å². The molecular formula is C28H33ClN2O2S. The van der Waals surface area contributed by atoms with Crippen LogP contribution in [0.2, 0.25) is 5.02 Å². The highest BCUT2D eigenvalue weighted by Crippen LogP contribution is 2.31. The summed E-state index contributed by atoms with van der Waals surface area (Å²) >= 11 is 6.29. The lowest BCUT2D eigenvalue weighted by atomic mass is 9.85. The molecule has 6 heteroatoms. The van der Waals surface area contributed by atoms with Gasteiger partial charge in [-0.2, -0.15) is 0 Å². The minimum Gasteiger partial charge on any atom is -0.313 e. The molecule has 3 aromatic rings. The smallest absolute Gasteiger partial charge is 0.242 e. The fourth-order valence-corrected chi connectivity index (χ4v) is 6.31. The van der Waals surface area contributed by atoms with Crippen molar-refractivity contribution >= 4 is 21.6 Å². The third kappa shape index (κ3) is 6.28. The summed E-state index contributed by atoms with van der Waals surface area (Å²) < 4.78 is 27.7. The van der Waals surface area contributed by atoms with Crippen molar-refractivity contribution in [3.8, 4) is 0 Å². The molecular weight excluding hydrogens is 464 g/mol. The maximum atomic E-state index is 13.1. The number of halogens is 1. The van der Waals surface area contributed by atoms with Crippen LogP contribution in [0, 0.1) is 0 Å². The minimum absolute atomic E-state index is 0.0656. The first-order valence-electron chi connectivity index (χ1n) is 12.0. The van der Waals surface area contributed by atoms with E-state index in [4.69, 9.17) is 11.6 Å². The Kier molecular flexibility index (Phi) is 8.43. The summed E-state index contributed by atoms with van der Waals surface area (Å²) in [4.78, 5) is 0.322. The van der Waals surface area contributed by atoms with E-state index in [1.165, 1.54) is 16.3 Å². The Bertz CT molecular complexity index is 1150. The zero-order chi connectivity index (χ0) is 24.0. The lowest BCUT2D eigenvalue weighted by molar-refractivity contribution is 0.329. The molecule has 0 bridgehead atoms. The van der Waals surface area contributed by atoms with Crippen LogP contribution >= 0.6 is 11.6 Å². The van der Waals surface area contributed by atoms with E-state index < -0.39 is 10.0 Å². The SMILES string of the molecule is CN(C[C@@H](CCC1CCC(c2ccccc2)CN1)c1cccc(Cl)c1)S(=O)(=O)c1ccccc1. The zero-order valence-electron chi connectivity index (χ0n) is 19.6. The first-order valence-corrected chi connectivity index (χ1v) is 13.8. The second kappa shape index (κ2) is 11.5. The lowest BCUT2D eigenvalue weighted by Gasteiger charge is -2.32. The van der Waals surface area contributed by atoms with Crippen LogP contribution in [0.4, 0.5) is 0 Å². The highest BCUT2D eigenvalue weighted by Gasteiger charge is 2.27. The van der Waals surface area contributed by atoms with E-state index in [9.17, 15) is 8.42 Å². The van der Waals surface area contributed by atoms with Crippen molar-refractivity contribution in [2.45, 2.75) is 48.5 Å². The van der Waals surface area contributed by atoms with E-state index in [0.29, 0.717) is 28.4 Å². The third-order valence-corrected chi connectivity index (χ3v) is 8.97. The topological polar surface area (TPSA) is 49.4 Å². The standard InChI is InChI=1S/C28H33ClN2O2S/c1-31(34(32,33)28-13-6-3-7-14-28)21-25(23-11-8-12-26(29)19-23)16-18-27-17-15-24(20-30-27)22-9-4-2-5-10-22/h2-14,19,24-25,27,30H,15-18,20-21H2,1H3/t24?,25-,27?/m1/s1. The van der Waals surface area contributed by atoms with Crippen LogP contribution in [0.25, 0.3) is 0 Å². The quantitative estimate of drug-likeness (QED) is 0.391. The Hall–Kier alpha value is -2.18. The third-order valence-electron chi connectivity index (χ3n) is 6.90. The van der Waals surface area contributed by atoms with Crippen molar-refractivity contribution in [1.82, 2.24) is 9.62 Å². The summed E-state index contributed by atoms with van der Waals surface area (Å²) in [7, 11) is -1.88. The predicted octanol–water partition coefficient (Wildman–Crippen LogP) is 6.06. The van der Waals surface area contributed by atoms with Gasteiger partial charge in [-0.3, -0.25) is 0 Å². The normalized spacial score (nSPS) is 19.7. The summed E-state index contributed by atoms with van der Waals surface area (Å²) in [5, 5.41) is 4.42. The molecule has 1 N–H and O–H groups in total. The first-order chi connectivity index (χ1) is 16.4. The maximum absolute atomic E-state index is 13.1. The van der Waals surface area contributed by atoms with Crippen molar-refractivity contribution in [2.75, 3.05) is 20.1 Å². The molecule has 4 nitrogen and oxygen atoms in total. The van der Waals surface area contributed by atoms with Gasteiger partial charge in [-0.1, -0.05) is 72.3 Å². The van der Waals surface area contributed by atoms with Gasteiger partial charge in [-0.15, -0.1) is 0 Å². The minimum atomic E-state index is -3.55. The first kappa shape index (κ1) is 24.9. The molecule has 180 valence electrons. The van der Waals surface area contributed by atoms with E-state index in [2.05, 4.69) is 41.7 Å². The second-order valence-electron chi connectivity index (χ2n) is 9.22. The van der Waals surface area contributed by atoms with Crippen LogP contribution in [0.15, 0.2) is 89.8 Å². The fourth-order valence-electron chi connectivity index (χ4n) is 4.88.